The number of rotatable bonds is 10. The molecule has 4 bridgehead atoms. The summed E-state index contributed by atoms with van der Waals surface area (Å²) < 4.78 is 145. The SMILES string of the molecule is C1CC2CNCC1O2.C1O[C@H]2CN[C@@H]1C2.CC1(C)COCCN1.CC[C@@H]1CNCCO1.CC[C@H]1CNCCO1.C[C@@H]1CNCCO1.C[C@@H]1COCCN1.C[C@@H]1COC[C@@H](C)N1.C[C@@H]1COC[C@H](C)N1.C[C@H]1CNCCO1.C[C@H]1COC[C@H](C)N1.FC[C@@H]1CNCCO1.FC[C@@H]1COCCN1.FC[C@H]1CNCCO1.FC[C@H]1COCCN1.OC[C@@H]1CNCCO1.OC[C@@H]1COCCN1.OC[C@H]1CNCCO1.OC[C@H]1COCCN1. The Morgan fingerprint density at radius 3 is 0.703 bits per heavy atom. The Hall–Kier alpha value is -1.96. The molecule has 21 heterocycles. The third-order valence-electron chi connectivity index (χ3n) is 24.7. The second-order valence-corrected chi connectivity index (χ2v) is 40.2. The molecular formula is C102H215F4N19O23. The minimum Gasteiger partial charge on any atom is -0.395 e. The molecule has 0 aromatic rings. The third kappa shape index (κ3) is 80.8. The van der Waals surface area contributed by atoms with Gasteiger partial charge in [-0.3, -0.25) is 0 Å². The summed E-state index contributed by atoms with van der Waals surface area (Å²) in [5.74, 6) is 0. The van der Waals surface area contributed by atoms with E-state index < -0.39 is 0 Å². The van der Waals surface area contributed by atoms with E-state index in [1.807, 2.05) is 0 Å². The number of aliphatic hydroxyl groups is 4. The number of ether oxygens (including phenoxy) is 19. The molecule has 884 valence electrons. The summed E-state index contributed by atoms with van der Waals surface area (Å²) in [6.07, 6.45) is 9.21. The third-order valence-corrected chi connectivity index (χ3v) is 24.7. The van der Waals surface area contributed by atoms with Gasteiger partial charge in [0, 0.05) is 217 Å². The van der Waals surface area contributed by atoms with Crippen molar-refractivity contribution in [2.75, 3.05) is 395 Å². The van der Waals surface area contributed by atoms with Crippen LogP contribution in [-0.2, 0) is 90.0 Å². The van der Waals surface area contributed by atoms with Gasteiger partial charge >= 0.3 is 0 Å². The fourth-order valence-corrected chi connectivity index (χ4v) is 16.3. The molecular weight excluding hydrogens is 1940 g/mol. The largest absolute Gasteiger partial charge is 0.395 e. The van der Waals surface area contributed by atoms with E-state index in [-0.39, 0.29) is 107 Å². The summed E-state index contributed by atoms with van der Waals surface area (Å²) >= 11 is 0. The predicted octanol–water partition coefficient (Wildman–Crippen LogP) is -2.18. The van der Waals surface area contributed by atoms with Gasteiger partial charge in [0.25, 0.3) is 0 Å². The van der Waals surface area contributed by atoms with Gasteiger partial charge in [0.05, 0.1) is 296 Å². The zero-order valence-electron chi connectivity index (χ0n) is 93.3. The molecule has 0 aromatic heterocycles. The summed E-state index contributed by atoms with van der Waals surface area (Å²) in [7, 11) is 0. The number of halogens is 4. The minimum absolute atomic E-state index is 0.0312. The number of fused-ring (bicyclic) bond motifs is 4. The van der Waals surface area contributed by atoms with Gasteiger partial charge in [-0.05, 0) is 108 Å². The van der Waals surface area contributed by atoms with Crippen LogP contribution in [0.3, 0.4) is 0 Å². The Balaban J connectivity index is 0.000000401. The second kappa shape index (κ2) is 97.1. The summed E-state index contributed by atoms with van der Waals surface area (Å²) in [5, 5.41) is 94.8. The normalized spacial score (nSPS) is 33.8. The molecule has 21 aliphatic heterocycles. The van der Waals surface area contributed by atoms with Gasteiger partial charge in [0.15, 0.2) is 0 Å². The van der Waals surface area contributed by atoms with Crippen molar-refractivity contribution in [3.8, 4) is 0 Å². The van der Waals surface area contributed by atoms with Crippen LogP contribution in [0.1, 0.15) is 122 Å². The highest BCUT2D eigenvalue weighted by atomic mass is 19.1. The van der Waals surface area contributed by atoms with Gasteiger partial charge in [-0.25, -0.2) is 17.6 Å². The molecule has 21 fully saturated rings. The zero-order valence-corrected chi connectivity index (χ0v) is 93.3. The fraction of sp³-hybridized carbons (Fsp3) is 1.00. The molecule has 23 N–H and O–H groups in total. The van der Waals surface area contributed by atoms with Crippen LogP contribution in [0.15, 0.2) is 0 Å². The molecule has 0 spiro atoms. The van der Waals surface area contributed by atoms with E-state index in [0.717, 1.165) is 302 Å². The maximum absolute atomic E-state index is 11.7. The highest BCUT2D eigenvalue weighted by Gasteiger charge is 2.32. The van der Waals surface area contributed by atoms with Crippen molar-refractivity contribution in [3.63, 3.8) is 0 Å². The van der Waals surface area contributed by atoms with Crippen LogP contribution in [0.5, 0.6) is 0 Å². The molecule has 0 amide bonds. The van der Waals surface area contributed by atoms with Crippen LogP contribution >= 0.6 is 0 Å². The van der Waals surface area contributed by atoms with Crippen molar-refractivity contribution in [1.82, 2.24) is 101 Å². The molecule has 23 atom stereocenters. The lowest BCUT2D eigenvalue weighted by Gasteiger charge is -2.30. The van der Waals surface area contributed by atoms with Gasteiger partial charge in [0.1, 0.15) is 26.7 Å². The Bertz CT molecular complexity index is 2320. The fourth-order valence-electron chi connectivity index (χ4n) is 16.3. The van der Waals surface area contributed by atoms with Crippen LogP contribution in [0.2, 0.25) is 0 Å². The average Bonchev–Trinajstić information content (AvgIpc) is 1.72. The summed E-state index contributed by atoms with van der Waals surface area (Å²) in [6, 6.07) is 4.74. The number of hydrogen-bond acceptors (Lipinski definition) is 42. The number of morpholine rings is 19. The maximum atomic E-state index is 11.7. The monoisotopic (exact) mass is 2150 g/mol. The first-order chi connectivity index (χ1) is 72.0. The van der Waals surface area contributed by atoms with Crippen LogP contribution in [0.25, 0.3) is 0 Å². The molecule has 21 saturated heterocycles. The van der Waals surface area contributed by atoms with Gasteiger partial charge in [-0.1, -0.05) is 13.8 Å². The predicted molar refractivity (Wildman–Crippen MR) is 572 cm³/mol. The molecule has 0 aromatic carbocycles. The lowest BCUT2D eigenvalue weighted by molar-refractivity contribution is -0.00619. The number of alkyl halides is 4. The van der Waals surface area contributed by atoms with Crippen LogP contribution in [0.4, 0.5) is 17.6 Å². The van der Waals surface area contributed by atoms with Crippen molar-refractivity contribution < 1.29 is 128 Å². The summed E-state index contributed by atoms with van der Waals surface area (Å²) in [5.41, 5.74) is 0.207. The molecule has 148 heavy (non-hydrogen) atoms. The quantitative estimate of drug-likeness (QED) is 0.103. The second-order valence-electron chi connectivity index (χ2n) is 40.2. The summed E-state index contributed by atoms with van der Waals surface area (Å²) in [4.78, 5) is 0. The van der Waals surface area contributed by atoms with Crippen molar-refractivity contribution >= 4 is 0 Å². The van der Waals surface area contributed by atoms with E-state index in [1.165, 1.54) is 19.3 Å². The van der Waals surface area contributed by atoms with Gasteiger partial charge in [-0.15, -0.1) is 0 Å². The maximum Gasteiger partial charge on any atom is 0.117 e. The van der Waals surface area contributed by atoms with E-state index in [9.17, 15) is 17.6 Å². The van der Waals surface area contributed by atoms with E-state index in [2.05, 4.69) is 191 Å². The Morgan fingerprint density at radius 1 is 0.257 bits per heavy atom. The molecule has 46 heteroatoms. The number of hydrogen-bond donors (Lipinski definition) is 23. The van der Waals surface area contributed by atoms with E-state index in [1.54, 1.807) is 0 Å². The molecule has 21 aliphatic rings. The highest BCUT2D eigenvalue weighted by molar-refractivity contribution is 4.88. The Kier molecular flexibility index (Phi) is 92.0. The topological polar surface area (TPSA) is 485 Å². The van der Waals surface area contributed by atoms with Crippen molar-refractivity contribution in [1.29, 1.82) is 0 Å². The first-order valence-electron chi connectivity index (χ1n) is 55.8. The highest BCUT2D eigenvalue weighted by Crippen LogP contribution is 2.22. The summed E-state index contributed by atoms with van der Waals surface area (Å²) in [6.45, 7) is 71.3. The molecule has 0 saturated carbocycles. The Labute approximate surface area is 887 Å². The van der Waals surface area contributed by atoms with Crippen LogP contribution < -0.4 is 101 Å². The zero-order chi connectivity index (χ0) is 108. The van der Waals surface area contributed by atoms with E-state index in [0.29, 0.717) is 144 Å². The van der Waals surface area contributed by atoms with Crippen molar-refractivity contribution in [2.45, 2.75) is 267 Å². The molecule has 0 radical (unpaired) electrons. The van der Waals surface area contributed by atoms with Gasteiger partial charge in [-0.2, -0.15) is 0 Å². The molecule has 42 nitrogen and oxygen atoms in total. The van der Waals surface area contributed by atoms with Crippen LogP contribution in [-0.4, -0.2) is 561 Å². The molecule has 21 rings (SSSR count). The minimum atomic E-state index is -0.368. The Morgan fingerprint density at radius 2 is 0.568 bits per heavy atom. The van der Waals surface area contributed by atoms with Crippen molar-refractivity contribution in [2.24, 2.45) is 0 Å². The lowest BCUT2D eigenvalue weighted by atomic mass is 10.1. The van der Waals surface area contributed by atoms with Gasteiger partial charge < -0.3 is 211 Å². The first kappa shape index (κ1) is 140. The number of nitrogens with one attached hydrogen (secondary N) is 19. The van der Waals surface area contributed by atoms with Crippen LogP contribution in [0, 0.1) is 0 Å². The van der Waals surface area contributed by atoms with E-state index >= 15 is 0 Å². The molecule has 2 unspecified atom stereocenters. The van der Waals surface area contributed by atoms with Crippen molar-refractivity contribution in [3.05, 3.63) is 0 Å². The molecule has 0 aliphatic carbocycles. The number of aliphatic hydroxyl groups excluding tert-OH is 4. The standard InChI is InChI=1S/C6H11NO.6C6H13NO.4C5H10FNO.4C5H11NO2.C5H9NO.3C5H11NO/c1-2-6-4-7-3-5(1)8-6;3*1-5-3-8-4-6(2)7-5;1-6(2)5-8-4-3-7-6;2*1-2-6-5-7-3-4-8-6;2*6-3-5-4-8-2-1-7-5;2*6-3-5-4-7-1-2-8-5;2*7-3-5-4-8-2-1-6-5;2*7-4-5-3-6-1-2-8-5;1-4-3-7-5(1)2-6-4;1-5-4-7-3-2-6-5;2*1-5-4-6-2-3-7-5/h5-7H,1-4H2;3*5-7H,3-4H2,1-2H3;7H,3-5H2,1-2H3;2*6-7H,2-5H2,1H3;4*5,7H,1-4H2;4*5-7H,1-4H2;4-6H,1-3H2;3*5-6H,2-4H2,1H3/t;5-,6+;2*5-,6-;;2*6-;8*5-;4-,5-;3*5-/m..10.10101010101110/s1. The van der Waals surface area contributed by atoms with Gasteiger partial charge in [0.2, 0.25) is 0 Å². The lowest BCUT2D eigenvalue weighted by Crippen LogP contribution is -2.49. The average molecular weight is 2150 g/mol. The smallest absolute Gasteiger partial charge is 0.117 e. The first-order valence-corrected chi connectivity index (χ1v) is 55.8. The van der Waals surface area contributed by atoms with E-state index in [4.69, 9.17) is 110 Å².